The number of hydrogen-bond donors (Lipinski definition) is 1. The minimum atomic E-state index is -0.602. The molecule has 0 bridgehead atoms. The van der Waals surface area contributed by atoms with E-state index >= 15 is 0 Å². The molecule has 1 aliphatic carbocycles. The third-order valence-electron chi connectivity index (χ3n) is 6.89. The number of carbonyl (C=O) groups is 1. The molecule has 0 atom stereocenters. The molecule has 2 fully saturated rings. The highest BCUT2D eigenvalue weighted by Gasteiger charge is 2.29. The quantitative estimate of drug-likeness (QED) is 0.540. The number of fused-ring (bicyclic) bond motifs is 1. The Hall–Kier alpha value is -3.21. The second kappa shape index (κ2) is 10.8. The molecular weight excluding hydrogens is 485 g/mol. The van der Waals surface area contributed by atoms with E-state index in [1.807, 2.05) is 11.8 Å². The number of nitrogens with one attached hydrogen (secondary N) is 1. The summed E-state index contributed by atoms with van der Waals surface area (Å²) in [4.78, 5) is 47.5. The SMILES string of the molecule is O=C(COc1ccccn1)N[C@H]1CC[C@@H](n2c(=O)c3cc(F)cnc3n(C3CCSCC3)c2=O)CC1. The largest absolute Gasteiger partial charge is 0.468 e. The highest BCUT2D eigenvalue weighted by Crippen LogP contribution is 2.30. The van der Waals surface area contributed by atoms with Crippen molar-refractivity contribution in [2.75, 3.05) is 18.1 Å². The lowest BCUT2D eigenvalue weighted by Crippen LogP contribution is -2.47. The molecule has 0 unspecified atom stereocenters. The number of carbonyl (C=O) groups excluding carboxylic acids is 1. The summed E-state index contributed by atoms with van der Waals surface area (Å²) in [5.74, 6) is 1.38. The van der Waals surface area contributed by atoms with Crippen LogP contribution in [-0.2, 0) is 4.79 Å². The highest BCUT2D eigenvalue weighted by molar-refractivity contribution is 7.99. The van der Waals surface area contributed by atoms with Gasteiger partial charge in [0.1, 0.15) is 11.5 Å². The molecule has 11 heteroatoms. The van der Waals surface area contributed by atoms with Gasteiger partial charge in [-0.05, 0) is 62.2 Å². The lowest BCUT2D eigenvalue weighted by atomic mass is 9.91. The maximum absolute atomic E-state index is 14.1. The summed E-state index contributed by atoms with van der Waals surface area (Å²) in [6.07, 6.45) is 6.59. The monoisotopic (exact) mass is 513 g/mol. The first-order valence-corrected chi connectivity index (χ1v) is 13.4. The normalized spacial score (nSPS) is 20.8. The summed E-state index contributed by atoms with van der Waals surface area (Å²) in [7, 11) is 0. The average Bonchev–Trinajstić information content (AvgIpc) is 2.90. The number of halogens is 1. The molecule has 5 rings (SSSR count). The second-order valence-corrected chi connectivity index (χ2v) is 10.5. The summed E-state index contributed by atoms with van der Waals surface area (Å²) < 4.78 is 22.4. The van der Waals surface area contributed by atoms with Crippen molar-refractivity contribution in [1.82, 2.24) is 24.4 Å². The number of ether oxygens (including phenoxy) is 1. The summed E-state index contributed by atoms with van der Waals surface area (Å²) in [5, 5.41) is 3.10. The number of amides is 1. The predicted molar refractivity (Wildman–Crippen MR) is 135 cm³/mol. The van der Waals surface area contributed by atoms with Crippen molar-refractivity contribution >= 4 is 28.7 Å². The number of aromatic nitrogens is 4. The van der Waals surface area contributed by atoms with Crippen LogP contribution in [0.5, 0.6) is 5.88 Å². The van der Waals surface area contributed by atoms with Crippen molar-refractivity contribution in [2.24, 2.45) is 0 Å². The number of nitrogens with zero attached hydrogens (tertiary/aromatic N) is 4. The van der Waals surface area contributed by atoms with E-state index in [-0.39, 0.29) is 47.4 Å². The van der Waals surface area contributed by atoms with Crippen LogP contribution in [0.1, 0.15) is 50.6 Å². The van der Waals surface area contributed by atoms with Crippen LogP contribution in [-0.4, -0.2) is 49.2 Å². The molecular formula is C25H28FN5O4S. The Kier molecular flexibility index (Phi) is 7.35. The zero-order chi connectivity index (χ0) is 25.1. The Bertz CT molecular complexity index is 1350. The van der Waals surface area contributed by atoms with Crippen LogP contribution in [0.2, 0.25) is 0 Å². The third kappa shape index (κ3) is 5.16. The summed E-state index contributed by atoms with van der Waals surface area (Å²) in [5.41, 5.74) is -0.618. The smallest absolute Gasteiger partial charge is 0.333 e. The van der Waals surface area contributed by atoms with Crippen molar-refractivity contribution in [1.29, 1.82) is 0 Å². The van der Waals surface area contributed by atoms with E-state index in [0.717, 1.165) is 30.5 Å². The van der Waals surface area contributed by atoms with Crippen LogP contribution in [0.4, 0.5) is 4.39 Å². The topological polar surface area (TPSA) is 108 Å². The maximum Gasteiger partial charge on any atom is 0.333 e. The summed E-state index contributed by atoms with van der Waals surface area (Å²) in [6, 6.07) is 5.95. The number of hydrogen-bond acceptors (Lipinski definition) is 7. The zero-order valence-electron chi connectivity index (χ0n) is 19.8. The Balaban J connectivity index is 1.33. The molecule has 0 aromatic carbocycles. The fraction of sp³-hybridized carbons (Fsp3) is 0.480. The summed E-state index contributed by atoms with van der Waals surface area (Å²) >= 11 is 1.84. The minimum Gasteiger partial charge on any atom is -0.468 e. The standard InChI is InChI=1S/C25H28FN5O4S/c26-16-13-20-23(28-14-16)30(19-8-11-36-12-9-19)25(34)31(24(20)33)18-6-4-17(5-7-18)29-21(32)15-35-22-3-1-2-10-27-22/h1-3,10,13-14,17-19H,4-9,11-12,15H2,(H,29,32)/t17-,18+. The first-order chi connectivity index (χ1) is 17.5. The van der Waals surface area contributed by atoms with Crippen LogP contribution >= 0.6 is 11.8 Å². The highest BCUT2D eigenvalue weighted by atomic mass is 32.2. The van der Waals surface area contributed by atoms with Gasteiger partial charge in [-0.1, -0.05) is 6.07 Å². The van der Waals surface area contributed by atoms with Crippen LogP contribution in [0.15, 0.2) is 46.2 Å². The molecule has 36 heavy (non-hydrogen) atoms. The fourth-order valence-corrected chi connectivity index (χ4v) is 6.20. The molecule has 4 heterocycles. The molecule has 190 valence electrons. The number of thioether (sulfide) groups is 1. The molecule has 9 nitrogen and oxygen atoms in total. The van der Waals surface area contributed by atoms with Gasteiger partial charge in [0.2, 0.25) is 5.88 Å². The Morgan fingerprint density at radius 2 is 1.81 bits per heavy atom. The van der Waals surface area contributed by atoms with Crippen molar-refractivity contribution in [3.05, 3.63) is 63.3 Å². The predicted octanol–water partition coefficient (Wildman–Crippen LogP) is 2.84. The van der Waals surface area contributed by atoms with Crippen molar-refractivity contribution in [3.63, 3.8) is 0 Å². The van der Waals surface area contributed by atoms with E-state index in [1.54, 1.807) is 29.0 Å². The molecule has 3 aromatic rings. The van der Waals surface area contributed by atoms with Crippen molar-refractivity contribution in [3.8, 4) is 5.88 Å². The molecule has 0 spiro atoms. The third-order valence-corrected chi connectivity index (χ3v) is 7.94. The lowest BCUT2D eigenvalue weighted by Gasteiger charge is -2.31. The second-order valence-electron chi connectivity index (χ2n) is 9.23. The minimum absolute atomic E-state index is 0.0687. The first-order valence-electron chi connectivity index (χ1n) is 12.2. The number of rotatable bonds is 6. The Labute approximate surface area is 211 Å². The van der Waals surface area contributed by atoms with Crippen LogP contribution in [0, 0.1) is 5.82 Å². The molecule has 1 aliphatic heterocycles. The van der Waals surface area contributed by atoms with Gasteiger partial charge in [0.05, 0.1) is 11.6 Å². The average molecular weight is 514 g/mol. The molecule has 1 N–H and O–H groups in total. The van der Waals surface area contributed by atoms with Crippen LogP contribution in [0.25, 0.3) is 11.0 Å². The number of pyridine rings is 2. The van der Waals surface area contributed by atoms with E-state index in [2.05, 4.69) is 15.3 Å². The van der Waals surface area contributed by atoms with E-state index in [0.29, 0.717) is 31.6 Å². The summed E-state index contributed by atoms with van der Waals surface area (Å²) in [6.45, 7) is -0.135. The zero-order valence-corrected chi connectivity index (χ0v) is 20.6. The molecule has 1 saturated carbocycles. The van der Waals surface area contributed by atoms with Crippen molar-refractivity contribution in [2.45, 2.75) is 56.7 Å². The Morgan fingerprint density at radius 3 is 2.53 bits per heavy atom. The van der Waals surface area contributed by atoms with Gasteiger partial charge in [0.15, 0.2) is 6.61 Å². The van der Waals surface area contributed by atoms with Gasteiger partial charge in [0.25, 0.3) is 11.5 Å². The fourth-order valence-electron chi connectivity index (χ4n) is 5.12. The van der Waals surface area contributed by atoms with Crippen LogP contribution < -0.4 is 21.3 Å². The lowest BCUT2D eigenvalue weighted by molar-refractivity contribution is -0.124. The first kappa shape index (κ1) is 24.5. The van der Waals surface area contributed by atoms with E-state index < -0.39 is 11.4 Å². The van der Waals surface area contributed by atoms with E-state index in [4.69, 9.17) is 4.74 Å². The van der Waals surface area contributed by atoms with Crippen molar-refractivity contribution < 1.29 is 13.9 Å². The van der Waals surface area contributed by atoms with Gasteiger partial charge in [-0.2, -0.15) is 11.8 Å². The van der Waals surface area contributed by atoms with Gasteiger partial charge in [-0.25, -0.2) is 19.2 Å². The van der Waals surface area contributed by atoms with Gasteiger partial charge >= 0.3 is 5.69 Å². The molecule has 1 saturated heterocycles. The van der Waals surface area contributed by atoms with E-state index in [1.165, 1.54) is 10.6 Å². The van der Waals surface area contributed by atoms with E-state index in [9.17, 15) is 18.8 Å². The molecule has 2 aliphatic rings. The van der Waals surface area contributed by atoms with Crippen LogP contribution in [0.3, 0.4) is 0 Å². The Morgan fingerprint density at radius 1 is 1.06 bits per heavy atom. The molecule has 3 aromatic heterocycles. The van der Waals surface area contributed by atoms with Gasteiger partial charge in [0, 0.05) is 30.4 Å². The molecule has 1 amide bonds. The van der Waals surface area contributed by atoms with Gasteiger partial charge < -0.3 is 10.1 Å². The van der Waals surface area contributed by atoms with Gasteiger partial charge in [-0.3, -0.25) is 18.7 Å². The molecule has 0 radical (unpaired) electrons. The van der Waals surface area contributed by atoms with Gasteiger partial charge in [-0.15, -0.1) is 0 Å². The maximum atomic E-state index is 14.1.